The van der Waals surface area contributed by atoms with Crippen molar-refractivity contribution in [3.63, 3.8) is 0 Å². The molecule has 0 aromatic heterocycles. The summed E-state index contributed by atoms with van der Waals surface area (Å²) in [5.74, 6) is -1.68. The van der Waals surface area contributed by atoms with Crippen LogP contribution in [0.4, 0.5) is 4.79 Å². The van der Waals surface area contributed by atoms with Crippen molar-refractivity contribution in [3.8, 4) is 0 Å². The van der Waals surface area contributed by atoms with Gasteiger partial charge in [0, 0.05) is 33.7 Å². The number of nitrogens with zero attached hydrogens (tertiary/aromatic N) is 1. The molecule has 0 aromatic carbocycles. The van der Waals surface area contributed by atoms with Gasteiger partial charge in [-0.2, -0.15) is 0 Å². The number of carbonyl (C=O) groups excluding carboxylic acids is 2. The van der Waals surface area contributed by atoms with Gasteiger partial charge in [0.15, 0.2) is 0 Å². The molecular weight excluding hydrogens is 252 g/mol. The van der Waals surface area contributed by atoms with Crippen molar-refractivity contribution in [1.29, 1.82) is 0 Å². The lowest BCUT2D eigenvalue weighted by Crippen LogP contribution is -2.43. The van der Waals surface area contributed by atoms with Gasteiger partial charge in [-0.25, -0.2) is 4.79 Å². The summed E-state index contributed by atoms with van der Waals surface area (Å²) in [6, 6.07) is -0.540. The van der Waals surface area contributed by atoms with E-state index in [0.29, 0.717) is 19.6 Å². The largest absolute Gasteiger partial charge is 0.481 e. The highest BCUT2D eigenvalue weighted by molar-refractivity contribution is 5.96. The molecular formula is C12H22N2O5. The second-order valence-electron chi connectivity index (χ2n) is 4.99. The molecule has 7 nitrogen and oxygen atoms in total. The lowest BCUT2D eigenvalue weighted by molar-refractivity contribution is -0.149. The van der Waals surface area contributed by atoms with Crippen LogP contribution in [0.25, 0.3) is 0 Å². The summed E-state index contributed by atoms with van der Waals surface area (Å²) < 4.78 is 4.85. The number of methoxy groups -OCH3 is 1. The molecule has 0 unspecified atom stereocenters. The van der Waals surface area contributed by atoms with Crippen LogP contribution in [-0.4, -0.2) is 55.2 Å². The lowest BCUT2D eigenvalue weighted by atomic mass is 9.89. The van der Waals surface area contributed by atoms with Crippen molar-refractivity contribution in [1.82, 2.24) is 10.2 Å². The molecule has 0 rings (SSSR count). The van der Waals surface area contributed by atoms with Crippen molar-refractivity contribution < 1.29 is 24.2 Å². The van der Waals surface area contributed by atoms with Crippen LogP contribution in [0.3, 0.4) is 0 Å². The maximum atomic E-state index is 11.6. The molecule has 2 N–H and O–H groups in total. The van der Waals surface area contributed by atoms with Crippen LogP contribution >= 0.6 is 0 Å². The normalized spacial score (nSPS) is 10.9. The Morgan fingerprint density at radius 2 is 1.89 bits per heavy atom. The van der Waals surface area contributed by atoms with Crippen LogP contribution in [0.15, 0.2) is 0 Å². The highest BCUT2D eigenvalue weighted by Gasteiger charge is 2.30. The highest BCUT2D eigenvalue weighted by Crippen LogP contribution is 2.19. The van der Waals surface area contributed by atoms with Gasteiger partial charge in [0.25, 0.3) is 0 Å². The topological polar surface area (TPSA) is 95.9 Å². The van der Waals surface area contributed by atoms with E-state index in [4.69, 9.17) is 9.84 Å². The smallest absolute Gasteiger partial charge is 0.323 e. The zero-order valence-electron chi connectivity index (χ0n) is 11.9. The Labute approximate surface area is 112 Å². The minimum absolute atomic E-state index is 0.250. The van der Waals surface area contributed by atoms with E-state index in [2.05, 4.69) is 5.32 Å². The first-order valence-electron chi connectivity index (χ1n) is 5.98. The first-order valence-corrected chi connectivity index (χ1v) is 5.98. The Kier molecular flexibility index (Phi) is 7.06. The van der Waals surface area contributed by atoms with Crippen LogP contribution in [0, 0.1) is 5.41 Å². The predicted octanol–water partition coefficient (Wildman–Crippen LogP) is 0.692. The fourth-order valence-corrected chi connectivity index (χ4v) is 1.28. The number of aliphatic carboxylic acids is 1. The molecule has 0 aliphatic carbocycles. The van der Waals surface area contributed by atoms with E-state index in [9.17, 15) is 14.4 Å². The Hall–Kier alpha value is -1.63. The number of hydrogen-bond donors (Lipinski definition) is 2. The fraction of sp³-hybridized carbons (Fsp3) is 0.750. The molecule has 0 heterocycles. The standard InChI is InChI=1S/C12H22N2O5/c1-12(2,10(16)17)8-9(15)13-11(18)14(3)6-5-7-19-4/h5-8H2,1-4H3,(H,16,17)(H,13,15,18). The minimum Gasteiger partial charge on any atom is -0.481 e. The number of carboxylic acids is 1. The molecule has 0 bridgehead atoms. The molecule has 0 saturated heterocycles. The average Bonchev–Trinajstić information content (AvgIpc) is 2.27. The average molecular weight is 274 g/mol. The van der Waals surface area contributed by atoms with E-state index in [1.807, 2.05) is 0 Å². The highest BCUT2D eigenvalue weighted by atomic mass is 16.5. The third-order valence-corrected chi connectivity index (χ3v) is 2.62. The molecule has 0 aromatic rings. The summed E-state index contributed by atoms with van der Waals surface area (Å²) in [6.45, 7) is 3.84. The molecule has 0 atom stereocenters. The van der Waals surface area contributed by atoms with Crippen molar-refractivity contribution in [2.45, 2.75) is 26.7 Å². The van der Waals surface area contributed by atoms with Gasteiger partial charge in [0.1, 0.15) is 0 Å². The number of ether oxygens (including phenoxy) is 1. The zero-order valence-corrected chi connectivity index (χ0v) is 11.9. The van der Waals surface area contributed by atoms with Gasteiger partial charge >= 0.3 is 12.0 Å². The van der Waals surface area contributed by atoms with E-state index in [1.54, 1.807) is 14.2 Å². The SMILES string of the molecule is COCCCN(C)C(=O)NC(=O)CC(C)(C)C(=O)O. The third kappa shape index (κ3) is 6.76. The molecule has 0 radical (unpaired) electrons. The fourth-order valence-electron chi connectivity index (χ4n) is 1.28. The Bertz CT molecular complexity index is 341. The quantitative estimate of drug-likeness (QED) is 0.666. The van der Waals surface area contributed by atoms with Crippen LogP contribution in [-0.2, 0) is 14.3 Å². The van der Waals surface area contributed by atoms with Crippen LogP contribution in [0.1, 0.15) is 26.7 Å². The number of carbonyl (C=O) groups is 3. The van der Waals surface area contributed by atoms with Crippen molar-refractivity contribution >= 4 is 17.9 Å². The van der Waals surface area contributed by atoms with Gasteiger partial charge in [-0.1, -0.05) is 0 Å². The van der Waals surface area contributed by atoms with Gasteiger partial charge < -0.3 is 14.7 Å². The van der Waals surface area contributed by atoms with Gasteiger partial charge in [0.05, 0.1) is 5.41 Å². The van der Waals surface area contributed by atoms with Crippen LogP contribution in [0.2, 0.25) is 0 Å². The molecule has 0 aliphatic rings. The molecule has 0 spiro atoms. The molecule has 19 heavy (non-hydrogen) atoms. The molecule has 0 aliphatic heterocycles. The Balaban J connectivity index is 4.19. The van der Waals surface area contributed by atoms with Crippen LogP contribution < -0.4 is 5.32 Å². The first kappa shape index (κ1) is 17.4. The summed E-state index contributed by atoms with van der Waals surface area (Å²) in [5, 5.41) is 11.0. The molecule has 7 heteroatoms. The number of amides is 3. The zero-order chi connectivity index (χ0) is 15.1. The van der Waals surface area contributed by atoms with E-state index in [1.165, 1.54) is 18.7 Å². The number of carboxylic acid groups (broad SMARTS) is 1. The van der Waals surface area contributed by atoms with Crippen molar-refractivity contribution in [2.75, 3.05) is 27.3 Å². The lowest BCUT2D eigenvalue weighted by Gasteiger charge is -2.20. The Morgan fingerprint density at radius 1 is 1.32 bits per heavy atom. The summed E-state index contributed by atoms with van der Waals surface area (Å²) in [7, 11) is 3.12. The van der Waals surface area contributed by atoms with E-state index in [-0.39, 0.29) is 6.42 Å². The van der Waals surface area contributed by atoms with Gasteiger partial charge in [-0.15, -0.1) is 0 Å². The molecule has 3 amide bonds. The van der Waals surface area contributed by atoms with Crippen molar-refractivity contribution in [2.24, 2.45) is 5.41 Å². The summed E-state index contributed by atoms with van der Waals surface area (Å²) >= 11 is 0. The monoisotopic (exact) mass is 274 g/mol. The first-order chi connectivity index (χ1) is 8.70. The molecule has 0 saturated carbocycles. The predicted molar refractivity (Wildman–Crippen MR) is 68.7 cm³/mol. The third-order valence-electron chi connectivity index (χ3n) is 2.62. The maximum absolute atomic E-state index is 11.6. The van der Waals surface area contributed by atoms with Crippen LogP contribution in [0.5, 0.6) is 0 Å². The maximum Gasteiger partial charge on any atom is 0.323 e. The minimum atomic E-state index is -1.20. The number of rotatable bonds is 7. The van der Waals surface area contributed by atoms with Gasteiger partial charge in [0.2, 0.25) is 5.91 Å². The second-order valence-corrected chi connectivity index (χ2v) is 4.99. The van der Waals surface area contributed by atoms with E-state index >= 15 is 0 Å². The number of nitrogens with one attached hydrogen (secondary N) is 1. The number of imide groups is 1. The van der Waals surface area contributed by atoms with E-state index in [0.717, 1.165) is 0 Å². The van der Waals surface area contributed by atoms with E-state index < -0.39 is 23.3 Å². The van der Waals surface area contributed by atoms with Gasteiger partial charge in [-0.05, 0) is 20.3 Å². The second kappa shape index (κ2) is 7.73. The number of urea groups is 1. The summed E-state index contributed by atoms with van der Waals surface area (Å²) in [5.41, 5.74) is -1.20. The molecule has 110 valence electrons. The summed E-state index contributed by atoms with van der Waals surface area (Å²) in [6.07, 6.45) is 0.412. The Morgan fingerprint density at radius 3 is 2.37 bits per heavy atom. The summed E-state index contributed by atoms with van der Waals surface area (Å²) in [4.78, 5) is 35.4. The van der Waals surface area contributed by atoms with Crippen molar-refractivity contribution in [3.05, 3.63) is 0 Å². The number of hydrogen-bond acceptors (Lipinski definition) is 4. The molecule has 0 fully saturated rings. The van der Waals surface area contributed by atoms with Gasteiger partial charge in [-0.3, -0.25) is 14.9 Å².